The maximum absolute atomic E-state index is 13.5. The summed E-state index contributed by atoms with van der Waals surface area (Å²) in [4.78, 5) is 26.3. The highest BCUT2D eigenvalue weighted by Gasteiger charge is 2.37. The van der Waals surface area contributed by atoms with E-state index < -0.39 is 39.5 Å². The quantitative estimate of drug-likeness (QED) is 0.326. The maximum Gasteiger partial charge on any atom is 0.243 e. The number of benzene rings is 1. The van der Waals surface area contributed by atoms with Gasteiger partial charge >= 0.3 is 0 Å². The molecule has 1 heterocycles. The van der Waals surface area contributed by atoms with Crippen LogP contribution in [0.25, 0.3) is 0 Å². The molecule has 0 bridgehead atoms. The molecule has 0 aliphatic carbocycles. The summed E-state index contributed by atoms with van der Waals surface area (Å²) in [5.41, 5.74) is 0.305. The van der Waals surface area contributed by atoms with E-state index in [-0.39, 0.29) is 31.0 Å². The van der Waals surface area contributed by atoms with E-state index in [9.17, 15) is 23.1 Å². The molecule has 1 saturated heterocycles. The van der Waals surface area contributed by atoms with Gasteiger partial charge in [0.05, 0.1) is 24.4 Å². The van der Waals surface area contributed by atoms with Gasteiger partial charge in [-0.15, -0.1) is 0 Å². The predicted molar refractivity (Wildman–Crippen MR) is 142 cm³/mol. The van der Waals surface area contributed by atoms with Crippen molar-refractivity contribution in [2.75, 3.05) is 25.9 Å². The van der Waals surface area contributed by atoms with Crippen LogP contribution in [0.2, 0.25) is 0 Å². The third-order valence-corrected chi connectivity index (χ3v) is 7.55. The Balaban J connectivity index is 2.26. The number of sulfonamides is 1. The van der Waals surface area contributed by atoms with E-state index in [1.807, 2.05) is 65.0 Å². The van der Waals surface area contributed by atoms with Gasteiger partial charge in [-0.3, -0.25) is 9.59 Å². The predicted octanol–water partition coefficient (Wildman–Crippen LogP) is 1.28. The molecule has 0 spiro atoms. The van der Waals surface area contributed by atoms with Crippen molar-refractivity contribution >= 4 is 21.8 Å². The highest BCUT2D eigenvalue weighted by molar-refractivity contribution is 7.88. The Hall–Kier alpha value is -2.01. The highest BCUT2D eigenvalue weighted by atomic mass is 32.2. The van der Waals surface area contributed by atoms with E-state index in [1.54, 1.807) is 0 Å². The fourth-order valence-corrected chi connectivity index (χ4v) is 5.32. The first-order chi connectivity index (χ1) is 16.7. The van der Waals surface area contributed by atoms with E-state index in [1.165, 1.54) is 4.31 Å². The Morgan fingerprint density at radius 1 is 1.14 bits per heavy atom. The van der Waals surface area contributed by atoms with Crippen LogP contribution in [0, 0.1) is 11.3 Å². The van der Waals surface area contributed by atoms with Gasteiger partial charge in [0.15, 0.2) is 0 Å². The number of nitrogens with zero attached hydrogens (tertiary/aromatic N) is 1. The largest absolute Gasteiger partial charge is 0.390 e. The first-order valence-corrected chi connectivity index (χ1v) is 14.5. The molecule has 9 nitrogen and oxygen atoms in total. The molecule has 2 amide bonds. The Kier molecular flexibility index (Phi) is 10.9. The van der Waals surface area contributed by atoms with Crippen molar-refractivity contribution in [2.24, 2.45) is 11.3 Å². The first-order valence-electron chi connectivity index (χ1n) is 12.7. The second kappa shape index (κ2) is 13.0. The van der Waals surface area contributed by atoms with Crippen LogP contribution >= 0.6 is 0 Å². The molecule has 10 heteroatoms. The molecule has 1 aromatic carbocycles. The topological polar surface area (TPSA) is 128 Å². The standard InChI is InChI=1S/C26H44N4O5S/c1-18(2)16-30(36(6,34)35)17-22(31)21(15-19-11-8-7-9-12-19)28-25(33)23(26(3,4)5)29-24(32)20-13-10-14-27-20/h7-9,11-12,18,20-23,27,31H,10,13-17H2,1-6H3,(H,28,33)(H,29,32)/t20-,21-,22+,23+/m0/s1. The van der Waals surface area contributed by atoms with E-state index in [0.717, 1.165) is 31.2 Å². The second-order valence-corrected chi connectivity index (χ2v) is 13.3. The van der Waals surface area contributed by atoms with E-state index >= 15 is 0 Å². The van der Waals surface area contributed by atoms with Gasteiger partial charge in [-0.1, -0.05) is 65.0 Å². The lowest BCUT2D eigenvalue weighted by Crippen LogP contribution is -2.60. The van der Waals surface area contributed by atoms with Crippen molar-refractivity contribution in [3.05, 3.63) is 35.9 Å². The smallest absolute Gasteiger partial charge is 0.243 e. The number of aliphatic hydroxyl groups excluding tert-OH is 1. The summed E-state index contributed by atoms with van der Waals surface area (Å²) in [6.45, 7) is 10.3. The molecule has 1 aliphatic heterocycles. The minimum atomic E-state index is -3.56. The van der Waals surface area contributed by atoms with E-state index in [4.69, 9.17) is 0 Å². The van der Waals surface area contributed by atoms with Gasteiger partial charge in [-0.25, -0.2) is 8.42 Å². The van der Waals surface area contributed by atoms with Crippen LogP contribution in [0.5, 0.6) is 0 Å². The lowest BCUT2D eigenvalue weighted by atomic mass is 9.85. The second-order valence-electron chi connectivity index (χ2n) is 11.3. The van der Waals surface area contributed by atoms with Crippen molar-refractivity contribution in [2.45, 2.75) is 78.1 Å². The van der Waals surface area contributed by atoms with Crippen molar-refractivity contribution in [3.8, 4) is 0 Å². The Bertz CT molecular complexity index is 956. The zero-order valence-corrected chi connectivity index (χ0v) is 23.3. The Morgan fingerprint density at radius 2 is 1.78 bits per heavy atom. The van der Waals surface area contributed by atoms with Gasteiger partial charge in [0.25, 0.3) is 0 Å². The summed E-state index contributed by atoms with van der Waals surface area (Å²) in [5, 5.41) is 20.2. The average Bonchev–Trinajstić information content (AvgIpc) is 3.30. The summed E-state index contributed by atoms with van der Waals surface area (Å²) >= 11 is 0. The zero-order chi connectivity index (χ0) is 27.1. The van der Waals surface area contributed by atoms with Crippen LogP contribution in [-0.2, 0) is 26.0 Å². The number of carbonyl (C=O) groups excluding carboxylic acids is 2. The van der Waals surface area contributed by atoms with Crippen LogP contribution < -0.4 is 16.0 Å². The summed E-state index contributed by atoms with van der Waals surface area (Å²) in [5.74, 6) is -0.565. The summed E-state index contributed by atoms with van der Waals surface area (Å²) in [7, 11) is -3.56. The average molecular weight is 525 g/mol. The third kappa shape index (κ3) is 9.46. The molecule has 36 heavy (non-hydrogen) atoms. The number of rotatable bonds is 12. The SMILES string of the molecule is CC(C)CN(C[C@@H](O)[C@H](Cc1ccccc1)NC(=O)[C@@H](NC(=O)[C@@H]1CCCN1)C(C)(C)C)S(C)(=O)=O. The van der Waals surface area contributed by atoms with Crippen molar-refractivity contribution < 1.29 is 23.1 Å². The summed E-state index contributed by atoms with van der Waals surface area (Å²) < 4.78 is 26.0. The lowest BCUT2D eigenvalue weighted by molar-refractivity contribution is -0.133. The van der Waals surface area contributed by atoms with Crippen molar-refractivity contribution in [1.82, 2.24) is 20.3 Å². The first kappa shape index (κ1) is 30.2. The highest BCUT2D eigenvalue weighted by Crippen LogP contribution is 2.21. The number of amides is 2. The zero-order valence-electron chi connectivity index (χ0n) is 22.5. The monoisotopic (exact) mass is 524 g/mol. The number of aliphatic hydroxyl groups is 1. The van der Waals surface area contributed by atoms with Gasteiger partial charge < -0.3 is 21.1 Å². The van der Waals surface area contributed by atoms with Gasteiger partial charge in [-0.05, 0) is 42.7 Å². The fourth-order valence-electron chi connectivity index (χ4n) is 4.33. The molecule has 0 saturated carbocycles. The van der Waals surface area contributed by atoms with Gasteiger partial charge in [0, 0.05) is 13.1 Å². The molecule has 1 aliphatic rings. The molecule has 0 radical (unpaired) electrons. The molecule has 1 fully saturated rings. The van der Waals surface area contributed by atoms with Gasteiger partial charge in [0.2, 0.25) is 21.8 Å². The normalized spacial score (nSPS) is 19.2. The number of hydrogen-bond donors (Lipinski definition) is 4. The fraction of sp³-hybridized carbons (Fsp3) is 0.692. The van der Waals surface area contributed by atoms with Crippen LogP contribution in [0.1, 0.15) is 53.0 Å². The third-order valence-electron chi connectivity index (χ3n) is 6.31. The van der Waals surface area contributed by atoms with E-state index in [2.05, 4.69) is 16.0 Å². The Morgan fingerprint density at radius 3 is 2.28 bits per heavy atom. The van der Waals surface area contributed by atoms with Crippen LogP contribution in [0.3, 0.4) is 0 Å². The van der Waals surface area contributed by atoms with Gasteiger partial charge in [-0.2, -0.15) is 4.31 Å². The van der Waals surface area contributed by atoms with Crippen molar-refractivity contribution in [1.29, 1.82) is 0 Å². The van der Waals surface area contributed by atoms with Crippen LogP contribution in [-0.4, -0.2) is 79.8 Å². The number of nitrogens with one attached hydrogen (secondary N) is 3. The molecule has 204 valence electrons. The molecule has 4 atom stereocenters. The molecular weight excluding hydrogens is 480 g/mol. The van der Waals surface area contributed by atoms with E-state index in [0.29, 0.717) is 6.42 Å². The minimum absolute atomic E-state index is 0.0683. The lowest BCUT2D eigenvalue weighted by Gasteiger charge is -2.34. The minimum Gasteiger partial charge on any atom is -0.390 e. The molecule has 0 unspecified atom stereocenters. The molecule has 1 aromatic rings. The Labute approximate surface area is 216 Å². The summed E-state index contributed by atoms with van der Waals surface area (Å²) in [6.07, 6.45) is 1.90. The molecular formula is C26H44N4O5S. The van der Waals surface area contributed by atoms with Crippen LogP contribution in [0.4, 0.5) is 0 Å². The molecule has 4 N–H and O–H groups in total. The van der Waals surface area contributed by atoms with Gasteiger partial charge in [0.1, 0.15) is 6.04 Å². The molecule has 2 rings (SSSR count). The number of hydrogen-bond acceptors (Lipinski definition) is 6. The van der Waals surface area contributed by atoms with Crippen molar-refractivity contribution in [3.63, 3.8) is 0 Å². The maximum atomic E-state index is 13.5. The molecule has 0 aromatic heterocycles. The number of carbonyl (C=O) groups is 2. The van der Waals surface area contributed by atoms with Crippen LogP contribution in [0.15, 0.2) is 30.3 Å². The summed E-state index contributed by atoms with van der Waals surface area (Å²) in [6, 6.07) is 7.48.